The van der Waals surface area contributed by atoms with Crippen LogP contribution in [-0.4, -0.2) is 38.8 Å². The SMILES string of the molecule is C[NH+](C)CCCNC1=CC(=O)OC12CCCCC2. The number of hydrogen-bond donors (Lipinski definition) is 2. The fraction of sp³-hybridized carbons (Fsp3) is 0.786. The Labute approximate surface area is 109 Å². The highest BCUT2D eigenvalue weighted by Crippen LogP contribution is 2.39. The number of esters is 1. The van der Waals surface area contributed by atoms with E-state index in [2.05, 4.69) is 19.4 Å². The molecule has 0 radical (unpaired) electrons. The molecule has 0 saturated heterocycles. The van der Waals surface area contributed by atoms with Crippen molar-refractivity contribution in [2.45, 2.75) is 44.1 Å². The predicted molar refractivity (Wildman–Crippen MR) is 70.3 cm³/mol. The summed E-state index contributed by atoms with van der Waals surface area (Å²) in [5.41, 5.74) is 0.723. The van der Waals surface area contributed by atoms with Gasteiger partial charge in [-0.15, -0.1) is 0 Å². The van der Waals surface area contributed by atoms with E-state index >= 15 is 0 Å². The van der Waals surface area contributed by atoms with Crippen molar-refractivity contribution in [2.75, 3.05) is 27.2 Å². The molecule has 4 nitrogen and oxygen atoms in total. The molecule has 0 atom stereocenters. The number of carbonyl (C=O) groups excluding carboxylic acids is 1. The Kier molecular flexibility index (Phi) is 4.27. The molecular weight excluding hydrogens is 228 g/mol. The van der Waals surface area contributed by atoms with Crippen molar-refractivity contribution in [3.8, 4) is 0 Å². The fourth-order valence-corrected chi connectivity index (χ4v) is 2.90. The van der Waals surface area contributed by atoms with Crippen molar-refractivity contribution in [3.05, 3.63) is 11.8 Å². The summed E-state index contributed by atoms with van der Waals surface area (Å²) < 4.78 is 5.58. The summed E-state index contributed by atoms with van der Waals surface area (Å²) in [6.07, 6.45) is 8.32. The second-order valence-corrected chi connectivity index (χ2v) is 5.77. The summed E-state index contributed by atoms with van der Waals surface area (Å²) in [5.74, 6) is -0.169. The zero-order valence-electron chi connectivity index (χ0n) is 11.6. The van der Waals surface area contributed by atoms with Crippen LogP contribution in [0.4, 0.5) is 0 Å². The van der Waals surface area contributed by atoms with Gasteiger partial charge in [-0.1, -0.05) is 6.42 Å². The zero-order chi connectivity index (χ0) is 13.0. The molecule has 1 saturated carbocycles. The Morgan fingerprint density at radius 3 is 2.72 bits per heavy atom. The summed E-state index contributed by atoms with van der Waals surface area (Å²) >= 11 is 0. The Hall–Kier alpha value is -1.03. The van der Waals surface area contributed by atoms with E-state index in [1.165, 1.54) is 11.3 Å². The maximum atomic E-state index is 11.5. The quantitative estimate of drug-likeness (QED) is 0.545. The number of quaternary nitrogens is 1. The molecule has 2 N–H and O–H groups in total. The third kappa shape index (κ3) is 3.05. The molecule has 1 heterocycles. The van der Waals surface area contributed by atoms with Crippen LogP contribution in [0.15, 0.2) is 11.8 Å². The van der Waals surface area contributed by atoms with Crippen LogP contribution < -0.4 is 10.2 Å². The maximum absolute atomic E-state index is 11.5. The Balaban J connectivity index is 1.88. The van der Waals surface area contributed by atoms with Gasteiger partial charge in [-0.05, 0) is 25.7 Å². The van der Waals surface area contributed by atoms with E-state index in [0.29, 0.717) is 0 Å². The number of rotatable bonds is 5. The lowest BCUT2D eigenvalue weighted by Gasteiger charge is -2.34. The summed E-state index contributed by atoms with van der Waals surface area (Å²) in [5, 5.41) is 3.43. The summed E-state index contributed by atoms with van der Waals surface area (Å²) in [6, 6.07) is 0. The number of carbonyl (C=O) groups is 1. The molecule has 1 fully saturated rings. The molecule has 0 bridgehead atoms. The molecule has 0 amide bonds. The highest BCUT2D eigenvalue weighted by molar-refractivity contribution is 5.86. The predicted octanol–water partition coefficient (Wildman–Crippen LogP) is 0.254. The minimum Gasteiger partial charge on any atom is -0.449 e. The van der Waals surface area contributed by atoms with Crippen molar-refractivity contribution in [1.29, 1.82) is 0 Å². The lowest BCUT2D eigenvalue weighted by Crippen LogP contribution is -3.05. The first kappa shape index (κ1) is 13.4. The minimum atomic E-state index is -0.305. The molecule has 102 valence electrons. The molecular formula is C14H25N2O2+. The van der Waals surface area contributed by atoms with Crippen LogP contribution in [0.2, 0.25) is 0 Å². The highest BCUT2D eigenvalue weighted by atomic mass is 16.6. The minimum absolute atomic E-state index is 0.169. The van der Waals surface area contributed by atoms with Gasteiger partial charge in [-0.25, -0.2) is 4.79 Å². The van der Waals surface area contributed by atoms with E-state index in [1.807, 2.05) is 0 Å². The second-order valence-electron chi connectivity index (χ2n) is 5.77. The second kappa shape index (κ2) is 5.74. The average Bonchev–Trinajstić information content (AvgIpc) is 2.62. The third-order valence-corrected chi connectivity index (χ3v) is 3.88. The smallest absolute Gasteiger partial charge is 0.333 e. The molecule has 1 aliphatic carbocycles. The topological polar surface area (TPSA) is 42.8 Å². The Morgan fingerprint density at radius 1 is 1.33 bits per heavy atom. The largest absolute Gasteiger partial charge is 0.449 e. The number of nitrogens with one attached hydrogen (secondary N) is 2. The zero-order valence-corrected chi connectivity index (χ0v) is 11.6. The van der Waals surface area contributed by atoms with Crippen LogP contribution >= 0.6 is 0 Å². The first-order valence-corrected chi connectivity index (χ1v) is 7.10. The lowest BCUT2D eigenvalue weighted by atomic mass is 9.83. The van der Waals surface area contributed by atoms with Gasteiger partial charge in [-0.2, -0.15) is 0 Å². The maximum Gasteiger partial charge on any atom is 0.333 e. The van der Waals surface area contributed by atoms with Crippen molar-refractivity contribution in [2.24, 2.45) is 0 Å². The van der Waals surface area contributed by atoms with Gasteiger partial charge in [0.1, 0.15) is 0 Å². The van der Waals surface area contributed by atoms with Crippen LogP contribution in [0.3, 0.4) is 0 Å². The normalized spacial score (nSPS) is 22.2. The van der Waals surface area contributed by atoms with Gasteiger partial charge in [-0.3, -0.25) is 0 Å². The fourth-order valence-electron chi connectivity index (χ4n) is 2.90. The van der Waals surface area contributed by atoms with Crippen molar-refractivity contribution >= 4 is 5.97 Å². The van der Waals surface area contributed by atoms with Crippen LogP contribution in [0.5, 0.6) is 0 Å². The first-order valence-electron chi connectivity index (χ1n) is 7.10. The molecule has 0 unspecified atom stereocenters. The molecule has 2 aliphatic rings. The van der Waals surface area contributed by atoms with E-state index in [1.54, 1.807) is 6.08 Å². The molecule has 2 rings (SSSR count). The van der Waals surface area contributed by atoms with Crippen LogP contribution in [0, 0.1) is 0 Å². The monoisotopic (exact) mass is 253 g/mol. The first-order chi connectivity index (χ1) is 8.62. The van der Waals surface area contributed by atoms with Gasteiger partial charge in [0.15, 0.2) is 5.60 Å². The van der Waals surface area contributed by atoms with Crippen LogP contribution in [0.25, 0.3) is 0 Å². The van der Waals surface area contributed by atoms with Gasteiger partial charge in [0.2, 0.25) is 0 Å². The van der Waals surface area contributed by atoms with E-state index < -0.39 is 0 Å². The van der Waals surface area contributed by atoms with Crippen LogP contribution in [0.1, 0.15) is 38.5 Å². The van der Waals surface area contributed by atoms with E-state index in [0.717, 1.165) is 50.9 Å². The lowest BCUT2D eigenvalue weighted by molar-refractivity contribution is -0.858. The summed E-state index contributed by atoms with van der Waals surface area (Å²) in [6.45, 7) is 2.07. The molecule has 18 heavy (non-hydrogen) atoms. The molecule has 0 aromatic carbocycles. The van der Waals surface area contributed by atoms with Gasteiger partial charge >= 0.3 is 5.97 Å². The van der Waals surface area contributed by atoms with Crippen molar-refractivity contribution < 1.29 is 14.4 Å². The summed E-state index contributed by atoms with van der Waals surface area (Å²) in [4.78, 5) is 13.0. The third-order valence-electron chi connectivity index (χ3n) is 3.88. The molecule has 1 aliphatic heterocycles. The molecule has 4 heteroatoms. The standard InChI is InChI=1S/C14H24N2O2/c1-16(2)10-6-9-15-12-11-13(17)18-14(12)7-4-3-5-8-14/h11,15H,3-10H2,1-2H3/p+1. The number of hydrogen-bond acceptors (Lipinski definition) is 3. The number of ether oxygens (including phenoxy) is 1. The van der Waals surface area contributed by atoms with Crippen LogP contribution in [-0.2, 0) is 9.53 Å². The average molecular weight is 253 g/mol. The van der Waals surface area contributed by atoms with Crippen molar-refractivity contribution in [1.82, 2.24) is 5.32 Å². The van der Waals surface area contributed by atoms with Crippen molar-refractivity contribution in [3.63, 3.8) is 0 Å². The van der Waals surface area contributed by atoms with Gasteiger partial charge < -0.3 is 15.0 Å². The highest BCUT2D eigenvalue weighted by Gasteiger charge is 2.43. The van der Waals surface area contributed by atoms with Gasteiger partial charge in [0.25, 0.3) is 0 Å². The summed E-state index contributed by atoms with van der Waals surface area (Å²) in [7, 11) is 4.31. The Bertz CT molecular complexity index is 331. The van der Waals surface area contributed by atoms with E-state index in [4.69, 9.17) is 4.74 Å². The van der Waals surface area contributed by atoms with E-state index in [9.17, 15) is 4.79 Å². The molecule has 0 aromatic heterocycles. The van der Waals surface area contributed by atoms with E-state index in [-0.39, 0.29) is 11.6 Å². The Morgan fingerprint density at radius 2 is 2.06 bits per heavy atom. The van der Waals surface area contributed by atoms with Gasteiger partial charge in [0.05, 0.1) is 26.3 Å². The van der Waals surface area contributed by atoms with Gasteiger partial charge in [0, 0.05) is 19.0 Å². The molecule has 0 aromatic rings. The molecule has 1 spiro atoms.